The zero-order valence-corrected chi connectivity index (χ0v) is 6.95. The third-order valence-corrected chi connectivity index (χ3v) is 1.69. The molecule has 56 valence electrons. The number of hydrogen-bond acceptors (Lipinski definition) is 2. The van der Waals surface area contributed by atoms with E-state index in [4.69, 9.17) is 0 Å². The van der Waals surface area contributed by atoms with Crippen LogP contribution in [0.5, 0.6) is 0 Å². The zero-order chi connectivity index (χ0) is 5.98. The lowest BCUT2D eigenvalue weighted by Gasteiger charge is -2.10. The standard InChI is InChI=1S/C6H14N2.ClH/c1-3-8-5-4-7(2)6-8;/h3-6H2,1-2H3;1H. The van der Waals surface area contributed by atoms with Crippen molar-refractivity contribution in [2.24, 2.45) is 0 Å². The Labute approximate surface area is 63.2 Å². The second-order valence-electron chi connectivity index (χ2n) is 2.43. The fourth-order valence-electron chi connectivity index (χ4n) is 1.05. The number of hydrogen-bond donors (Lipinski definition) is 0. The Bertz CT molecular complexity index is 77.5. The van der Waals surface area contributed by atoms with Gasteiger partial charge in [-0.25, -0.2) is 0 Å². The first-order chi connectivity index (χ1) is 3.83. The molecular weight excluding hydrogens is 136 g/mol. The molecule has 2 nitrogen and oxygen atoms in total. The van der Waals surface area contributed by atoms with Crippen molar-refractivity contribution in [3.8, 4) is 0 Å². The van der Waals surface area contributed by atoms with Crippen LogP contribution < -0.4 is 0 Å². The summed E-state index contributed by atoms with van der Waals surface area (Å²) < 4.78 is 0. The second-order valence-corrected chi connectivity index (χ2v) is 2.43. The van der Waals surface area contributed by atoms with Crippen LogP contribution in [0.15, 0.2) is 0 Å². The van der Waals surface area contributed by atoms with E-state index in [1.165, 1.54) is 19.6 Å². The first-order valence-corrected chi connectivity index (χ1v) is 3.24. The lowest BCUT2D eigenvalue weighted by atomic mass is 10.6. The van der Waals surface area contributed by atoms with E-state index in [0.717, 1.165) is 6.67 Å². The molecule has 0 amide bonds. The Hall–Kier alpha value is 0.210. The van der Waals surface area contributed by atoms with Crippen LogP contribution in [0.1, 0.15) is 6.92 Å². The molecule has 1 fully saturated rings. The molecule has 1 rings (SSSR count). The van der Waals surface area contributed by atoms with Crippen LogP contribution in [0, 0.1) is 0 Å². The summed E-state index contributed by atoms with van der Waals surface area (Å²) in [7, 11) is 2.16. The van der Waals surface area contributed by atoms with Crippen molar-refractivity contribution < 1.29 is 0 Å². The van der Waals surface area contributed by atoms with E-state index in [1.807, 2.05) is 0 Å². The molecule has 1 saturated heterocycles. The van der Waals surface area contributed by atoms with Gasteiger partial charge in [-0.2, -0.15) is 0 Å². The SMILES string of the molecule is CCN1CCN(C)C1.Cl. The largest absolute Gasteiger partial charge is 0.292 e. The summed E-state index contributed by atoms with van der Waals surface area (Å²) in [6.45, 7) is 7.07. The van der Waals surface area contributed by atoms with Gasteiger partial charge in [-0.3, -0.25) is 9.80 Å². The van der Waals surface area contributed by atoms with Gasteiger partial charge in [0.25, 0.3) is 0 Å². The number of rotatable bonds is 1. The topological polar surface area (TPSA) is 6.48 Å². The molecular formula is C6H15ClN2. The zero-order valence-electron chi connectivity index (χ0n) is 6.13. The summed E-state index contributed by atoms with van der Waals surface area (Å²) in [4.78, 5) is 4.77. The van der Waals surface area contributed by atoms with Crippen molar-refractivity contribution in [1.82, 2.24) is 9.80 Å². The van der Waals surface area contributed by atoms with E-state index in [1.54, 1.807) is 0 Å². The maximum Gasteiger partial charge on any atom is 0.0504 e. The monoisotopic (exact) mass is 150 g/mol. The molecule has 0 radical (unpaired) electrons. The minimum atomic E-state index is 0. The van der Waals surface area contributed by atoms with E-state index >= 15 is 0 Å². The highest BCUT2D eigenvalue weighted by molar-refractivity contribution is 5.85. The smallest absolute Gasteiger partial charge is 0.0504 e. The maximum atomic E-state index is 2.43. The Balaban J connectivity index is 0.000000640. The molecule has 0 saturated carbocycles. The van der Waals surface area contributed by atoms with Crippen LogP contribution >= 0.6 is 12.4 Å². The number of nitrogens with zero attached hydrogens (tertiary/aromatic N) is 2. The first-order valence-electron chi connectivity index (χ1n) is 3.24. The molecule has 0 unspecified atom stereocenters. The summed E-state index contributed by atoms with van der Waals surface area (Å²) in [5, 5.41) is 0. The van der Waals surface area contributed by atoms with Crippen molar-refractivity contribution in [2.75, 3.05) is 33.4 Å². The predicted molar refractivity (Wildman–Crippen MR) is 42.0 cm³/mol. The molecule has 1 aliphatic heterocycles. The van der Waals surface area contributed by atoms with Gasteiger partial charge in [0, 0.05) is 13.1 Å². The summed E-state index contributed by atoms with van der Waals surface area (Å²) >= 11 is 0. The Kier molecular flexibility index (Phi) is 4.19. The molecule has 0 atom stereocenters. The normalized spacial score (nSPS) is 22.0. The second kappa shape index (κ2) is 4.09. The van der Waals surface area contributed by atoms with Gasteiger partial charge in [-0.1, -0.05) is 6.92 Å². The third-order valence-electron chi connectivity index (χ3n) is 1.69. The predicted octanol–water partition coefficient (Wildman–Crippen LogP) is 0.633. The van der Waals surface area contributed by atoms with Crippen LogP contribution in [0.25, 0.3) is 0 Å². The minimum absolute atomic E-state index is 0. The highest BCUT2D eigenvalue weighted by Crippen LogP contribution is 1.98. The Morgan fingerprint density at radius 3 is 2.22 bits per heavy atom. The van der Waals surface area contributed by atoms with Gasteiger partial charge in [0.05, 0.1) is 6.67 Å². The van der Waals surface area contributed by atoms with Crippen LogP contribution in [-0.4, -0.2) is 43.2 Å². The average Bonchev–Trinajstić information content (AvgIpc) is 2.14. The van der Waals surface area contributed by atoms with E-state index in [2.05, 4.69) is 23.8 Å². The molecule has 9 heavy (non-hydrogen) atoms. The van der Waals surface area contributed by atoms with E-state index < -0.39 is 0 Å². The van der Waals surface area contributed by atoms with Gasteiger partial charge >= 0.3 is 0 Å². The van der Waals surface area contributed by atoms with Gasteiger partial charge in [-0.05, 0) is 13.6 Å². The van der Waals surface area contributed by atoms with E-state index in [0.29, 0.717) is 0 Å². The summed E-state index contributed by atoms with van der Waals surface area (Å²) in [5.74, 6) is 0. The highest BCUT2D eigenvalue weighted by atomic mass is 35.5. The van der Waals surface area contributed by atoms with Crippen molar-refractivity contribution >= 4 is 12.4 Å². The Morgan fingerprint density at radius 1 is 1.33 bits per heavy atom. The van der Waals surface area contributed by atoms with E-state index in [9.17, 15) is 0 Å². The van der Waals surface area contributed by atoms with Crippen molar-refractivity contribution in [1.29, 1.82) is 0 Å². The molecule has 3 heteroatoms. The van der Waals surface area contributed by atoms with Crippen molar-refractivity contribution in [2.45, 2.75) is 6.92 Å². The van der Waals surface area contributed by atoms with Crippen LogP contribution in [0.2, 0.25) is 0 Å². The molecule has 0 aromatic carbocycles. The lowest BCUT2D eigenvalue weighted by Crippen LogP contribution is -2.22. The number of halogens is 1. The minimum Gasteiger partial charge on any atom is -0.292 e. The molecule has 0 aromatic rings. The van der Waals surface area contributed by atoms with Gasteiger partial charge in [0.1, 0.15) is 0 Å². The maximum absolute atomic E-state index is 2.43. The van der Waals surface area contributed by atoms with Crippen molar-refractivity contribution in [3.63, 3.8) is 0 Å². The molecule has 0 aliphatic carbocycles. The summed E-state index contributed by atoms with van der Waals surface area (Å²) in [5.41, 5.74) is 0. The molecule has 0 bridgehead atoms. The van der Waals surface area contributed by atoms with Crippen LogP contribution in [0.3, 0.4) is 0 Å². The summed E-state index contributed by atoms with van der Waals surface area (Å²) in [6.07, 6.45) is 0. The highest BCUT2D eigenvalue weighted by Gasteiger charge is 2.12. The van der Waals surface area contributed by atoms with Gasteiger partial charge in [0.2, 0.25) is 0 Å². The Morgan fingerprint density at radius 2 is 2.00 bits per heavy atom. The van der Waals surface area contributed by atoms with Gasteiger partial charge in [-0.15, -0.1) is 12.4 Å². The third kappa shape index (κ3) is 2.52. The summed E-state index contributed by atoms with van der Waals surface area (Å²) in [6, 6.07) is 0. The fourth-order valence-corrected chi connectivity index (χ4v) is 1.05. The number of likely N-dealkylation sites (N-methyl/N-ethyl adjacent to an activating group) is 2. The van der Waals surface area contributed by atoms with E-state index in [-0.39, 0.29) is 12.4 Å². The average molecular weight is 151 g/mol. The van der Waals surface area contributed by atoms with Gasteiger partial charge in [0.15, 0.2) is 0 Å². The van der Waals surface area contributed by atoms with Gasteiger partial charge < -0.3 is 0 Å². The van der Waals surface area contributed by atoms with Crippen molar-refractivity contribution in [3.05, 3.63) is 0 Å². The molecule has 0 spiro atoms. The molecule has 1 heterocycles. The van der Waals surface area contributed by atoms with Crippen LogP contribution in [0.4, 0.5) is 0 Å². The lowest BCUT2D eigenvalue weighted by molar-refractivity contribution is 0.286. The molecule has 0 N–H and O–H groups in total. The quantitative estimate of drug-likeness (QED) is 0.541. The fraction of sp³-hybridized carbons (Fsp3) is 1.00. The van der Waals surface area contributed by atoms with Crippen LogP contribution in [-0.2, 0) is 0 Å². The first kappa shape index (κ1) is 9.21. The molecule has 1 aliphatic rings. The molecule has 0 aromatic heterocycles.